The fourth-order valence-corrected chi connectivity index (χ4v) is 5.87. The minimum atomic E-state index is -1.97. The van der Waals surface area contributed by atoms with E-state index in [0.29, 0.717) is 18.8 Å². The summed E-state index contributed by atoms with van der Waals surface area (Å²) in [5, 5.41) is 0.111. The van der Waals surface area contributed by atoms with Gasteiger partial charge in [-0.05, 0) is 101 Å². The smallest absolute Gasteiger partial charge is 0.338 e. The maximum Gasteiger partial charge on any atom is 0.338 e. The van der Waals surface area contributed by atoms with Gasteiger partial charge in [-0.1, -0.05) is 91.0 Å². The standard InChI is InChI=1S/C35H50O3Si/c1-12-37-32(36)28-15-13-14-27(22-28)29(24-38-39(10,11)33(3,4)5)17-16-25(2)26-18-19-30-31(23-26)35(8,9)21-20-34(30,6)7/h13-19,22-23H,12,20-21,24H2,1-11H3/b25-16+,29-17?. The van der Waals surface area contributed by atoms with E-state index < -0.39 is 8.32 Å². The van der Waals surface area contributed by atoms with Crippen LogP contribution in [0.4, 0.5) is 0 Å². The van der Waals surface area contributed by atoms with E-state index in [1.165, 1.54) is 35.1 Å². The highest BCUT2D eigenvalue weighted by atomic mass is 28.4. The molecule has 1 aliphatic rings. The van der Waals surface area contributed by atoms with Gasteiger partial charge in [0, 0.05) is 0 Å². The Morgan fingerprint density at radius 2 is 1.51 bits per heavy atom. The number of carbonyl (C=O) groups excluding carboxylic acids is 1. The Labute approximate surface area is 238 Å². The third-order valence-corrected chi connectivity index (χ3v) is 13.5. The van der Waals surface area contributed by atoms with Crippen molar-refractivity contribution in [2.45, 2.75) is 104 Å². The molecule has 0 aromatic heterocycles. The lowest BCUT2D eigenvalue weighted by Gasteiger charge is -2.42. The van der Waals surface area contributed by atoms with Crippen molar-refractivity contribution in [1.29, 1.82) is 0 Å². The lowest BCUT2D eigenvalue weighted by molar-refractivity contribution is 0.0526. The maximum absolute atomic E-state index is 12.5. The second-order valence-electron chi connectivity index (χ2n) is 13.9. The lowest BCUT2D eigenvalue weighted by atomic mass is 9.63. The van der Waals surface area contributed by atoms with Crippen LogP contribution in [0, 0.1) is 0 Å². The van der Waals surface area contributed by atoms with Crippen molar-refractivity contribution in [2.75, 3.05) is 13.2 Å². The van der Waals surface area contributed by atoms with E-state index in [1.54, 1.807) is 0 Å². The van der Waals surface area contributed by atoms with Gasteiger partial charge >= 0.3 is 5.97 Å². The second-order valence-corrected chi connectivity index (χ2v) is 18.7. The van der Waals surface area contributed by atoms with Crippen LogP contribution in [-0.2, 0) is 20.0 Å². The highest BCUT2D eigenvalue weighted by Crippen LogP contribution is 2.46. The quantitative estimate of drug-likeness (QED) is 0.188. The van der Waals surface area contributed by atoms with E-state index in [9.17, 15) is 4.79 Å². The van der Waals surface area contributed by atoms with Crippen LogP contribution in [0.3, 0.4) is 0 Å². The maximum atomic E-state index is 12.5. The predicted octanol–water partition coefficient (Wildman–Crippen LogP) is 9.72. The van der Waals surface area contributed by atoms with Gasteiger partial charge in [-0.2, -0.15) is 0 Å². The summed E-state index contributed by atoms with van der Waals surface area (Å²) in [6.07, 6.45) is 6.78. The molecule has 0 atom stereocenters. The molecule has 0 saturated heterocycles. The van der Waals surface area contributed by atoms with Crippen LogP contribution in [0.15, 0.2) is 54.6 Å². The number of fused-ring (bicyclic) bond motifs is 1. The molecule has 4 heteroatoms. The molecule has 3 nitrogen and oxygen atoms in total. The summed E-state index contributed by atoms with van der Waals surface area (Å²) in [6.45, 7) is 25.7. The highest BCUT2D eigenvalue weighted by Gasteiger charge is 2.38. The topological polar surface area (TPSA) is 35.5 Å². The van der Waals surface area contributed by atoms with Crippen LogP contribution in [0.2, 0.25) is 18.1 Å². The molecule has 0 radical (unpaired) electrons. The first kappa shape index (κ1) is 31.1. The normalized spacial score (nSPS) is 17.5. The Kier molecular flexibility index (Phi) is 9.24. The molecule has 0 heterocycles. The average Bonchev–Trinajstić information content (AvgIpc) is 2.86. The third kappa shape index (κ3) is 7.21. The van der Waals surface area contributed by atoms with E-state index in [1.807, 2.05) is 25.1 Å². The fraction of sp³-hybridized carbons (Fsp3) is 0.514. The molecule has 0 fully saturated rings. The summed E-state index contributed by atoms with van der Waals surface area (Å²) in [6, 6.07) is 14.7. The number of hydrogen-bond donors (Lipinski definition) is 0. The number of esters is 1. The van der Waals surface area contributed by atoms with Crippen molar-refractivity contribution in [1.82, 2.24) is 0 Å². The van der Waals surface area contributed by atoms with Gasteiger partial charge in [0.25, 0.3) is 0 Å². The fourth-order valence-electron chi connectivity index (χ4n) is 4.92. The lowest BCUT2D eigenvalue weighted by Crippen LogP contribution is -2.41. The monoisotopic (exact) mass is 546 g/mol. The number of hydrogen-bond acceptors (Lipinski definition) is 3. The highest BCUT2D eigenvalue weighted by molar-refractivity contribution is 6.74. The largest absolute Gasteiger partial charge is 0.462 e. The average molecular weight is 547 g/mol. The first-order valence-corrected chi connectivity index (χ1v) is 17.3. The zero-order valence-electron chi connectivity index (χ0n) is 26.2. The van der Waals surface area contributed by atoms with Crippen molar-refractivity contribution < 1.29 is 14.0 Å². The predicted molar refractivity (Wildman–Crippen MR) is 169 cm³/mol. The molecular formula is C35H50O3Si. The zero-order chi connectivity index (χ0) is 29.2. The van der Waals surface area contributed by atoms with E-state index >= 15 is 0 Å². The molecule has 0 amide bonds. The van der Waals surface area contributed by atoms with Gasteiger partial charge < -0.3 is 9.16 Å². The molecule has 0 spiro atoms. The SMILES string of the molecule is CCOC(=O)c1cccc(C(=C/C=C(\C)c2ccc3c(c2)C(C)(C)CCC3(C)C)CO[Si](C)(C)C(C)(C)C)c1. The summed E-state index contributed by atoms with van der Waals surface area (Å²) in [5.74, 6) is -0.296. The number of benzene rings is 2. The first-order chi connectivity index (χ1) is 18.0. The molecular weight excluding hydrogens is 496 g/mol. The third-order valence-electron chi connectivity index (χ3n) is 8.98. The Morgan fingerprint density at radius 1 is 0.897 bits per heavy atom. The zero-order valence-corrected chi connectivity index (χ0v) is 27.2. The summed E-state index contributed by atoms with van der Waals surface area (Å²) in [7, 11) is -1.97. The van der Waals surface area contributed by atoms with E-state index in [4.69, 9.17) is 9.16 Å². The number of allylic oxidation sites excluding steroid dienone is 3. The number of carbonyl (C=O) groups is 1. The van der Waals surface area contributed by atoms with Crippen LogP contribution in [0.5, 0.6) is 0 Å². The van der Waals surface area contributed by atoms with E-state index in [2.05, 4.69) is 105 Å². The Bertz CT molecular complexity index is 1250. The van der Waals surface area contributed by atoms with Gasteiger partial charge in [0.1, 0.15) is 0 Å². The van der Waals surface area contributed by atoms with Crippen molar-refractivity contribution in [2.24, 2.45) is 0 Å². The van der Waals surface area contributed by atoms with Crippen molar-refractivity contribution in [3.63, 3.8) is 0 Å². The van der Waals surface area contributed by atoms with Crippen molar-refractivity contribution in [3.05, 3.63) is 82.4 Å². The summed E-state index contributed by atoms with van der Waals surface area (Å²) in [4.78, 5) is 12.5. The number of ether oxygens (including phenoxy) is 1. The van der Waals surface area contributed by atoms with Crippen LogP contribution >= 0.6 is 0 Å². The molecule has 39 heavy (non-hydrogen) atoms. The first-order valence-electron chi connectivity index (χ1n) is 14.4. The summed E-state index contributed by atoms with van der Waals surface area (Å²) >= 11 is 0. The van der Waals surface area contributed by atoms with Gasteiger partial charge in [0.2, 0.25) is 0 Å². The second kappa shape index (κ2) is 11.6. The molecule has 212 valence electrons. The Hall–Kier alpha value is -2.43. The van der Waals surface area contributed by atoms with Gasteiger partial charge in [0.15, 0.2) is 8.32 Å². The Morgan fingerprint density at radius 3 is 2.13 bits per heavy atom. The summed E-state index contributed by atoms with van der Waals surface area (Å²) < 4.78 is 11.9. The molecule has 0 aliphatic heterocycles. The number of rotatable bonds is 8. The van der Waals surface area contributed by atoms with E-state index in [0.717, 1.165) is 11.1 Å². The minimum absolute atomic E-state index is 0.111. The molecule has 2 aromatic carbocycles. The van der Waals surface area contributed by atoms with Gasteiger partial charge in [-0.15, -0.1) is 0 Å². The van der Waals surface area contributed by atoms with Gasteiger partial charge in [0.05, 0.1) is 18.8 Å². The molecule has 0 unspecified atom stereocenters. The van der Waals surface area contributed by atoms with Crippen LogP contribution in [-0.4, -0.2) is 27.5 Å². The van der Waals surface area contributed by atoms with Crippen molar-refractivity contribution >= 4 is 25.4 Å². The van der Waals surface area contributed by atoms with Crippen LogP contribution < -0.4 is 0 Å². The minimum Gasteiger partial charge on any atom is -0.462 e. The van der Waals surface area contributed by atoms with Crippen LogP contribution in [0.1, 0.15) is 108 Å². The summed E-state index contributed by atoms with van der Waals surface area (Å²) in [5.41, 5.74) is 8.39. The molecule has 3 rings (SSSR count). The van der Waals surface area contributed by atoms with Gasteiger partial charge in [-0.25, -0.2) is 4.79 Å². The molecule has 0 saturated carbocycles. The molecule has 0 N–H and O–H groups in total. The van der Waals surface area contributed by atoms with Crippen molar-refractivity contribution in [3.8, 4) is 0 Å². The molecule has 2 aromatic rings. The van der Waals surface area contributed by atoms with E-state index in [-0.39, 0.29) is 21.8 Å². The molecule has 1 aliphatic carbocycles. The van der Waals surface area contributed by atoms with Gasteiger partial charge in [-0.3, -0.25) is 0 Å². The van der Waals surface area contributed by atoms with Crippen LogP contribution in [0.25, 0.3) is 11.1 Å². The molecule has 0 bridgehead atoms. The Balaban J connectivity index is 2.02.